The van der Waals surface area contributed by atoms with Crippen LogP contribution in [0.25, 0.3) is 0 Å². The number of methoxy groups -OCH3 is 1. The molecule has 1 fully saturated rings. The summed E-state index contributed by atoms with van der Waals surface area (Å²) in [6, 6.07) is -0.0861. The van der Waals surface area contributed by atoms with Crippen LogP contribution in [0.15, 0.2) is 12.2 Å². The Bertz CT molecular complexity index is 430. The summed E-state index contributed by atoms with van der Waals surface area (Å²) in [5, 5.41) is 0. The zero-order valence-corrected chi connectivity index (χ0v) is 13.5. The van der Waals surface area contributed by atoms with Gasteiger partial charge in [-0.3, -0.25) is 9.59 Å². The first kappa shape index (κ1) is 18.2. The van der Waals surface area contributed by atoms with Gasteiger partial charge in [0.2, 0.25) is 5.91 Å². The highest BCUT2D eigenvalue weighted by molar-refractivity contribution is 5.92. The minimum Gasteiger partial charge on any atom is -0.469 e. The molecule has 1 aliphatic rings. The number of carbonyl (C=O) groups excluding carboxylic acids is 3. The maximum Gasteiger partial charge on any atom is 0.416 e. The summed E-state index contributed by atoms with van der Waals surface area (Å²) < 4.78 is 9.51. The molecule has 0 saturated carbocycles. The quantitative estimate of drug-likeness (QED) is 0.534. The largest absolute Gasteiger partial charge is 0.469 e. The molecule has 0 spiro atoms. The zero-order valence-electron chi connectivity index (χ0n) is 13.5. The number of nitrogens with zero attached hydrogens (tertiary/aromatic N) is 1. The summed E-state index contributed by atoms with van der Waals surface area (Å²) in [6.07, 6.45) is 5.55. The second kappa shape index (κ2) is 9.23. The average molecular weight is 311 g/mol. The number of esters is 1. The lowest BCUT2D eigenvalue weighted by molar-refractivity contribution is -0.140. The minimum atomic E-state index is -0.537. The van der Waals surface area contributed by atoms with E-state index in [1.807, 2.05) is 26.0 Å². The summed E-state index contributed by atoms with van der Waals surface area (Å²) in [5.41, 5.74) is 0. The molecule has 0 aromatic rings. The molecule has 1 atom stereocenters. The number of allylic oxidation sites excluding steroid dienone is 2. The van der Waals surface area contributed by atoms with Crippen LogP contribution < -0.4 is 0 Å². The maximum absolute atomic E-state index is 12.2. The van der Waals surface area contributed by atoms with E-state index in [0.29, 0.717) is 32.3 Å². The fraction of sp³-hybridized carbons (Fsp3) is 0.688. The van der Waals surface area contributed by atoms with Gasteiger partial charge in [-0.15, -0.1) is 0 Å². The molecule has 2 amide bonds. The number of hydrogen-bond acceptors (Lipinski definition) is 5. The van der Waals surface area contributed by atoms with Crippen LogP contribution in [-0.2, 0) is 19.1 Å². The molecule has 1 saturated heterocycles. The predicted octanol–water partition coefficient (Wildman–Crippen LogP) is 2.67. The van der Waals surface area contributed by atoms with Gasteiger partial charge < -0.3 is 9.47 Å². The molecule has 0 N–H and O–H groups in total. The third kappa shape index (κ3) is 5.50. The van der Waals surface area contributed by atoms with Crippen molar-refractivity contribution in [2.24, 2.45) is 5.92 Å². The molecule has 0 bridgehead atoms. The van der Waals surface area contributed by atoms with E-state index < -0.39 is 6.09 Å². The third-order valence-corrected chi connectivity index (χ3v) is 3.64. The molecule has 0 aromatic heterocycles. The molecule has 124 valence electrons. The van der Waals surface area contributed by atoms with Crippen molar-refractivity contribution in [1.82, 2.24) is 4.90 Å². The van der Waals surface area contributed by atoms with Gasteiger partial charge >= 0.3 is 12.1 Å². The summed E-state index contributed by atoms with van der Waals surface area (Å²) >= 11 is 0. The van der Waals surface area contributed by atoms with Crippen molar-refractivity contribution >= 4 is 18.0 Å². The van der Waals surface area contributed by atoms with Crippen LogP contribution in [0.2, 0.25) is 0 Å². The second-order valence-corrected chi connectivity index (χ2v) is 5.60. The molecule has 1 unspecified atom stereocenters. The van der Waals surface area contributed by atoms with Gasteiger partial charge in [-0.05, 0) is 18.8 Å². The molecular formula is C16H25NO5. The highest BCUT2D eigenvalue weighted by Gasteiger charge is 2.35. The molecule has 6 heteroatoms. The highest BCUT2D eigenvalue weighted by atomic mass is 16.6. The molecule has 0 aromatic carbocycles. The summed E-state index contributed by atoms with van der Waals surface area (Å²) in [7, 11) is 1.35. The van der Waals surface area contributed by atoms with Crippen molar-refractivity contribution < 1.29 is 23.9 Å². The van der Waals surface area contributed by atoms with Crippen molar-refractivity contribution in [2.75, 3.05) is 13.7 Å². The van der Waals surface area contributed by atoms with Crippen molar-refractivity contribution in [3.05, 3.63) is 12.2 Å². The molecule has 1 aliphatic heterocycles. The Morgan fingerprint density at radius 3 is 2.55 bits per heavy atom. The molecule has 6 nitrogen and oxygen atoms in total. The smallest absolute Gasteiger partial charge is 0.416 e. The Balaban J connectivity index is 2.41. The Morgan fingerprint density at radius 1 is 1.32 bits per heavy atom. The second-order valence-electron chi connectivity index (χ2n) is 5.60. The van der Waals surface area contributed by atoms with Gasteiger partial charge in [0, 0.05) is 25.3 Å². The van der Waals surface area contributed by atoms with Crippen LogP contribution in [0.3, 0.4) is 0 Å². The number of imide groups is 1. The standard InChI is InChI=1S/C16H25NO5/c1-12(2)13-10-11-22-16(20)17(13)14(18)8-6-4-5-7-9-15(19)21-3/h4-5,12-13H,6-11H2,1-3H3. The van der Waals surface area contributed by atoms with Crippen LogP contribution in [0.1, 0.15) is 46.0 Å². The van der Waals surface area contributed by atoms with E-state index in [1.165, 1.54) is 12.0 Å². The summed E-state index contributed by atoms with van der Waals surface area (Å²) in [6.45, 7) is 4.37. The van der Waals surface area contributed by atoms with Crippen LogP contribution >= 0.6 is 0 Å². The predicted molar refractivity (Wildman–Crippen MR) is 81.1 cm³/mol. The molecular weight excluding hydrogens is 286 g/mol. The van der Waals surface area contributed by atoms with E-state index in [1.54, 1.807) is 0 Å². The monoisotopic (exact) mass is 311 g/mol. The molecule has 1 heterocycles. The molecule has 22 heavy (non-hydrogen) atoms. The van der Waals surface area contributed by atoms with E-state index in [0.717, 1.165) is 0 Å². The van der Waals surface area contributed by atoms with Gasteiger partial charge in [0.05, 0.1) is 13.7 Å². The Morgan fingerprint density at radius 2 is 1.95 bits per heavy atom. The van der Waals surface area contributed by atoms with Crippen LogP contribution in [0.4, 0.5) is 4.79 Å². The van der Waals surface area contributed by atoms with Gasteiger partial charge in [0.1, 0.15) is 0 Å². The van der Waals surface area contributed by atoms with E-state index in [-0.39, 0.29) is 30.3 Å². The first-order chi connectivity index (χ1) is 10.5. The lowest BCUT2D eigenvalue weighted by Gasteiger charge is -2.35. The fourth-order valence-corrected chi connectivity index (χ4v) is 2.39. The number of ether oxygens (including phenoxy) is 2. The number of carbonyl (C=O) groups is 3. The van der Waals surface area contributed by atoms with Gasteiger partial charge in [-0.25, -0.2) is 9.69 Å². The van der Waals surface area contributed by atoms with Crippen molar-refractivity contribution in [1.29, 1.82) is 0 Å². The molecule has 1 rings (SSSR count). The fourth-order valence-electron chi connectivity index (χ4n) is 2.39. The molecule has 0 radical (unpaired) electrons. The Kier molecular flexibility index (Phi) is 7.63. The summed E-state index contributed by atoms with van der Waals surface area (Å²) in [5.74, 6) is -0.245. The van der Waals surface area contributed by atoms with E-state index in [2.05, 4.69) is 4.74 Å². The average Bonchev–Trinajstić information content (AvgIpc) is 2.49. The minimum absolute atomic E-state index is 0.0861. The van der Waals surface area contributed by atoms with E-state index in [9.17, 15) is 14.4 Å². The Hall–Kier alpha value is -1.85. The lowest BCUT2D eigenvalue weighted by Crippen LogP contribution is -2.51. The first-order valence-corrected chi connectivity index (χ1v) is 7.68. The Labute approximate surface area is 131 Å². The van der Waals surface area contributed by atoms with Crippen LogP contribution in [0, 0.1) is 5.92 Å². The van der Waals surface area contributed by atoms with E-state index >= 15 is 0 Å². The number of rotatable bonds is 7. The SMILES string of the molecule is COC(=O)CCC=CCCC(=O)N1C(=O)OCCC1C(C)C. The number of cyclic esters (lactones) is 1. The maximum atomic E-state index is 12.2. The third-order valence-electron chi connectivity index (χ3n) is 3.64. The van der Waals surface area contributed by atoms with Crippen LogP contribution in [0.5, 0.6) is 0 Å². The van der Waals surface area contributed by atoms with Gasteiger partial charge in [-0.1, -0.05) is 26.0 Å². The molecule has 0 aliphatic carbocycles. The van der Waals surface area contributed by atoms with Gasteiger partial charge in [0.25, 0.3) is 0 Å². The normalized spacial score (nSPS) is 18.6. The van der Waals surface area contributed by atoms with Crippen molar-refractivity contribution in [3.8, 4) is 0 Å². The highest BCUT2D eigenvalue weighted by Crippen LogP contribution is 2.21. The number of hydrogen-bond donors (Lipinski definition) is 0. The van der Waals surface area contributed by atoms with Gasteiger partial charge in [-0.2, -0.15) is 0 Å². The van der Waals surface area contributed by atoms with Gasteiger partial charge in [0.15, 0.2) is 0 Å². The topological polar surface area (TPSA) is 72.9 Å². The summed E-state index contributed by atoms with van der Waals surface area (Å²) in [4.78, 5) is 36.2. The van der Waals surface area contributed by atoms with E-state index in [4.69, 9.17) is 4.74 Å². The first-order valence-electron chi connectivity index (χ1n) is 7.68. The zero-order chi connectivity index (χ0) is 16.5. The number of amides is 2. The lowest BCUT2D eigenvalue weighted by atomic mass is 9.98. The van der Waals surface area contributed by atoms with Crippen LogP contribution in [-0.4, -0.2) is 42.6 Å². The van der Waals surface area contributed by atoms with Crippen molar-refractivity contribution in [3.63, 3.8) is 0 Å². The van der Waals surface area contributed by atoms with Crippen molar-refractivity contribution in [2.45, 2.75) is 52.0 Å².